The fraction of sp³-hybridized carbons (Fsp3) is 1.00. The van der Waals surface area contributed by atoms with Gasteiger partial charge in [-0.05, 0) is 70.7 Å². The molecule has 2 heterocycles. The molecule has 0 amide bonds. The maximum atomic E-state index is 3.74. The van der Waals surface area contributed by atoms with Crippen LogP contribution in [0.5, 0.6) is 0 Å². The fourth-order valence-corrected chi connectivity index (χ4v) is 3.87. The van der Waals surface area contributed by atoms with E-state index in [-0.39, 0.29) is 0 Å². The SMILES string of the molecule is CCCNC(CN1CCC(N2CCCCC2)CC1)C(C)C. The summed E-state index contributed by atoms with van der Waals surface area (Å²) in [5.41, 5.74) is 0. The first-order valence-corrected chi connectivity index (χ1v) is 9.40. The zero-order valence-electron chi connectivity index (χ0n) is 14.6. The van der Waals surface area contributed by atoms with Gasteiger partial charge < -0.3 is 15.1 Å². The van der Waals surface area contributed by atoms with Gasteiger partial charge in [-0.3, -0.25) is 0 Å². The Bertz CT molecular complexity index is 266. The van der Waals surface area contributed by atoms with Crippen LogP contribution in [-0.2, 0) is 0 Å². The average Bonchev–Trinajstić information content (AvgIpc) is 2.52. The van der Waals surface area contributed by atoms with Crippen LogP contribution in [0.3, 0.4) is 0 Å². The van der Waals surface area contributed by atoms with Crippen LogP contribution in [0.25, 0.3) is 0 Å². The minimum Gasteiger partial charge on any atom is -0.312 e. The normalized spacial score (nSPS) is 24.6. The lowest BCUT2D eigenvalue weighted by Crippen LogP contribution is -2.50. The van der Waals surface area contributed by atoms with E-state index in [9.17, 15) is 0 Å². The summed E-state index contributed by atoms with van der Waals surface area (Å²) in [7, 11) is 0. The molecular weight excluding hydrogens is 258 g/mol. The van der Waals surface area contributed by atoms with Crippen molar-refractivity contribution in [3.05, 3.63) is 0 Å². The first kappa shape index (κ1) is 17.2. The van der Waals surface area contributed by atoms with Crippen molar-refractivity contribution >= 4 is 0 Å². The first-order valence-electron chi connectivity index (χ1n) is 9.40. The molecule has 0 radical (unpaired) electrons. The van der Waals surface area contributed by atoms with Gasteiger partial charge in [-0.1, -0.05) is 27.2 Å². The van der Waals surface area contributed by atoms with Crippen molar-refractivity contribution in [2.24, 2.45) is 5.92 Å². The van der Waals surface area contributed by atoms with E-state index in [1.54, 1.807) is 0 Å². The van der Waals surface area contributed by atoms with Gasteiger partial charge in [0.1, 0.15) is 0 Å². The summed E-state index contributed by atoms with van der Waals surface area (Å²) in [6.45, 7) is 14.7. The van der Waals surface area contributed by atoms with Crippen LogP contribution in [-0.4, -0.2) is 61.2 Å². The fourth-order valence-electron chi connectivity index (χ4n) is 3.87. The van der Waals surface area contributed by atoms with Gasteiger partial charge in [0, 0.05) is 18.6 Å². The van der Waals surface area contributed by atoms with E-state index in [1.807, 2.05) is 0 Å². The lowest BCUT2D eigenvalue weighted by atomic mass is 9.98. The Balaban J connectivity index is 1.72. The van der Waals surface area contributed by atoms with Crippen LogP contribution in [0.4, 0.5) is 0 Å². The Morgan fingerprint density at radius 3 is 2.24 bits per heavy atom. The highest BCUT2D eigenvalue weighted by Crippen LogP contribution is 2.21. The van der Waals surface area contributed by atoms with Gasteiger partial charge in [-0.25, -0.2) is 0 Å². The Labute approximate surface area is 132 Å². The zero-order valence-corrected chi connectivity index (χ0v) is 14.6. The summed E-state index contributed by atoms with van der Waals surface area (Å²) in [6.07, 6.45) is 8.32. The minimum absolute atomic E-state index is 0.663. The van der Waals surface area contributed by atoms with E-state index in [4.69, 9.17) is 0 Å². The van der Waals surface area contributed by atoms with Crippen LogP contribution in [0.1, 0.15) is 59.3 Å². The Morgan fingerprint density at radius 1 is 1.00 bits per heavy atom. The molecule has 0 aromatic rings. The summed E-state index contributed by atoms with van der Waals surface area (Å²) in [5.74, 6) is 0.733. The van der Waals surface area contributed by atoms with E-state index < -0.39 is 0 Å². The number of piperidine rings is 2. The molecule has 1 unspecified atom stereocenters. The number of nitrogens with one attached hydrogen (secondary N) is 1. The smallest absolute Gasteiger partial charge is 0.0217 e. The maximum Gasteiger partial charge on any atom is 0.0217 e. The van der Waals surface area contributed by atoms with Crippen molar-refractivity contribution in [1.29, 1.82) is 0 Å². The van der Waals surface area contributed by atoms with Crippen molar-refractivity contribution in [2.75, 3.05) is 39.3 Å². The molecule has 21 heavy (non-hydrogen) atoms. The molecule has 3 heteroatoms. The third-order valence-corrected chi connectivity index (χ3v) is 5.38. The van der Waals surface area contributed by atoms with E-state index in [2.05, 4.69) is 35.9 Å². The maximum absolute atomic E-state index is 3.74. The summed E-state index contributed by atoms with van der Waals surface area (Å²) in [4.78, 5) is 5.48. The molecule has 0 spiro atoms. The summed E-state index contributed by atoms with van der Waals surface area (Å²) in [6, 6.07) is 1.54. The molecule has 1 atom stereocenters. The molecule has 0 bridgehead atoms. The standard InChI is InChI=1S/C18H37N3/c1-4-10-19-18(16(2)3)15-20-13-8-17(9-14-20)21-11-6-5-7-12-21/h16-19H,4-15H2,1-3H3. The predicted octanol–water partition coefficient (Wildman–Crippen LogP) is 2.96. The van der Waals surface area contributed by atoms with Crippen molar-refractivity contribution in [1.82, 2.24) is 15.1 Å². The van der Waals surface area contributed by atoms with Gasteiger partial charge >= 0.3 is 0 Å². The number of nitrogens with zero attached hydrogens (tertiary/aromatic N) is 2. The molecule has 2 saturated heterocycles. The number of hydrogen-bond donors (Lipinski definition) is 1. The van der Waals surface area contributed by atoms with Gasteiger partial charge in [-0.15, -0.1) is 0 Å². The van der Waals surface area contributed by atoms with E-state index in [1.165, 1.54) is 71.2 Å². The average molecular weight is 296 g/mol. The Morgan fingerprint density at radius 2 is 1.67 bits per heavy atom. The lowest BCUT2D eigenvalue weighted by molar-refractivity contribution is 0.0850. The summed E-state index contributed by atoms with van der Waals surface area (Å²) in [5, 5.41) is 3.74. The van der Waals surface area contributed by atoms with Crippen LogP contribution in [0, 0.1) is 5.92 Å². The molecule has 0 aromatic heterocycles. The molecule has 124 valence electrons. The molecule has 0 aromatic carbocycles. The Hall–Kier alpha value is -0.120. The molecule has 0 saturated carbocycles. The van der Waals surface area contributed by atoms with Gasteiger partial charge in [0.15, 0.2) is 0 Å². The second-order valence-electron chi connectivity index (χ2n) is 7.43. The highest BCUT2D eigenvalue weighted by molar-refractivity contribution is 4.84. The molecule has 2 aliphatic rings. The minimum atomic E-state index is 0.663. The second-order valence-corrected chi connectivity index (χ2v) is 7.43. The lowest BCUT2D eigenvalue weighted by Gasteiger charge is -2.41. The highest BCUT2D eigenvalue weighted by atomic mass is 15.2. The molecule has 2 rings (SSSR count). The molecule has 2 aliphatic heterocycles. The van der Waals surface area contributed by atoms with E-state index in [0.717, 1.165) is 18.5 Å². The monoisotopic (exact) mass is 295 g/mol. The van der Waals surface area contributed by atoms with Crippen LogP contribution in [0.2, 0.25) is 0 Å². The van der Waals surface area contributed by atoms with Crippen LogP contribution < -0.4 is 5.32 Å². The number of hydrogen-bond acceptors (Lipinski definition) is 3. The van der Waals surface area contributed by atoms with E-state index in [0.29, 0.717) is 6.04 Å². The highest BCUT2D eigenvalue weighted by Gasteiger charge is 2.27. The molecular formula is C18H37N3. The van der Waals surface area contributed by atoms with Gasteiger partial charge in [0.25, 0.3) is 0 Å². The summed E-state index contributed by atoms with van der Waals surface area (Å²) >= 11 is 0. The van der Waals surface area contributed by atoms with Gasteiger partial charge in [0.05, 0.1) is 0 Å². The zero-order chi connectivity index (χ0) is 15.1. The molecule has 0 aliphatic carbocycles. The van der Waals surface area contributed by atoms with Gasteiger partial charge in [-0.2, -0.15) is 0 Å². The number of rotatable bonds is 7. The largest absolute Gasteiger partial charge is 0.312 e. The van der Waals surface area contributed by atoms with Crippen LogP contribution in [0.15, 0.2) is 0 Å². The predicted molar refractivity (Wildman–Crippen MR) is 91.8 cm³/mol. The molecule has 2 fully saturated rings. The third kappa shape index (κ3) is 5.54. The van der Waals surface area contributed by atoms with Gasteiger partial charge in [0.2, 0.25) is 0 Å². The van der Waals surface area contributed by atoms with Crippen LogP contribution >= 0.6 is 0 Å². The van der Waals surface area contributed by atoms with Crippen molar-refractivity contribution in [2.45, 2.75) is 71.4 Å². The summed E-state index contributed by atoms with van der Waals surface area (Å²) < 4.78 is 0. The van der Waals surface area contributed by atoms with Crippen molar-refractivity contribution in [3.63, 3.8) is 0 Å². The first-order chi connectivity index (χ1) is 10.2. The molecule has 3 nitrogen and oxygen atoms in total. The van der Waals surface area contributed by atoms with E-state index >= 15 is 0 Å². The molecule has 1 N–H and O–H groups in total. The number of likely N-dealkylation sites (tertiary alicyclic amines) is 2. The van der Waals surface area contributed by atoms with Crippen molar-refractivity contribution in [3.8, 4) is 0 Å². The third-order valence-electron chi connectivity index (χ3n) is 5.38. The quantitative estimate of drug-likeness (QED) is 0.779. The second kappa shape index (κ2) is 9.12. The van der Waals surface area contributed by atoms with Crippen molar-refractivity contribution < 1.29 is 0 Å². The Kier molecular flexibility index (Phi) is 7.48. The topological polar surface area (TPSA) is 18.5 Å².